The normalized spacial score (nSPS) is 24.9. The number of aliphatic carboxylic acids is 1. The van der Waals surface area contributed by atoms with Gasteiger partial charge in [0.05, 0.1) is 0 Å². The number of para-hydroxylation sites is 1. The van der Waals surface area contributed by atoms with Gasteiger partial charge in [0, 0.05) is 19.0 Å². The fraction of sp³-hybridized carbons (Fsp3) is 0.619. The van der Waals surface area contributed by atoms with Crippen LogP contribution >= 0.6 is 0 Å². The lowest BCUT2D eigenvalue weighted by atomic mass is 9.76. The van der Waals surface area contributed by atoms with E-state index >= 15 is 0 Å². The van der Waals surface area contributed by atoms with E-state index in [1.165, 1.54) is 0 Å². The Bertz CT molecular complexity index is 681. The van der Waals surface area contributed by atoms with Gasteiger partial charge in [-0.3, -0.25) is 9.69 Å². The summed E-state index contributed by atoms with van der Waals surface area (Å²) in [5, 5.41) is 9.60. The summed E-state index contributed by atoms with van der Waals surface area (Å²) in [5.74, 6) is 0.190. The molecule has 2 saturated heterocycles. The highest BCUT2D eigenvalue weighted by Gasteiger charge is 2.51. The second-order valence-corrected chi connectivity index (χ2v) is 8.30. The van der Waals surface area contributed by atoms with Gasteiger partial charge in [-0.25, -0.2) is 4.79 Å². The Hall–Kier alpha value is -2.08. The lowest BCUT2D eigenvalue weighted by molar-refractivity contribution is -0.148. The molecule has 27 heavy (non-hydrogen) atoms. The molecule has 6 heteroatoms. The van der Waals surface area contributed by atoms with Crippen molar-refractivity contribution >= 4 is 11.9 Å². The van der Waals surface area contributed by atoms with Crippen molar-refractivity contribution in [3.05, 3.63) is 30.3 Å². The standard InChI is InChI=1S/C21H28N2O4/c24-19(16-6-7-16)23-15-21(14-18(23)20(25)26)8-10-22(11-9-21)12-13-27-17-4-2-1-3-5-17/h1-5,16,18H,6-15H2,(H,25,26)/t18-/m1/s1. The number of ether oxygens (including phenoxy) is 1. The van der Waals surface area contributed by atoms with E-state index in [1.54, 1.807) is 4.90 Å². The Kier molecular flexibility index (Phi) is 5.08. The Labute approximate surface area is 160 Å². The van der Waals surface area contributed by atoms with Crippen LogP contribution in [0.25, 0.3) is 0 Å². The van der Waals surface area contributed by atoms with E-state index in [9.17, 15) is 14.7 Å². The van der Waals surface area contributed by atoms with Gasteiger partial charge in [0.25, 0.3) is 0 Å². The smallest absolute Gasteiger partial charge is 0.326 e. The molecule has 1 amide bonds. The number of hydrogen-bond acceptors (Lipinski definition) is 4. The van der Waals surface area contributed by atoms with E-state index < -0.39 is 12.0 Å². The molecule has 1 aromatic carbocycles. The predicted molar refractivity (Wildman–Crippen MR) is 101 cm³/mol. The van der Waals surface area contributed by atoms with Crippen LogP contribution in [0.3, 0.4) is 0 Å². The van der Waals surface area contributed by atoms with E-state index in [4.69, 9.17) is 4.74 Å². The van der Waals surface area contributed by atoms with Gasteiger partial charge in [0.2, 0.25) is 5.91 Å². The third-order valence-corrected chi connectivity index (χ3v) is 6.34. The van der Waals surface area contributed by atoms with Crippen molar-refractivity contribution in [2.45, 2.75) is 38.1 Å². The molecule has 0 radical (unpaired) electrons. The molecular formula is C21H28N2O4. The number of hydrogen-bond donors (Lipinski definition) is 1. The number of rotatable bonds is 6. The molecule has 0 unspecified atom stereocenters. The third kappa shape index (κ3) is 4.10. The molecule has 0 aromatic heterocycles. The minimum atomic E-state index is -0.848. The zero-order valence-electron chi connectivity index (χ0n) is 15.7. The van der Waals surface area contributed by atoms with Gasteiger partial charge in [-0.1, -0.05) is 18.2 Å². The molecule has 4 rings (SSSR count). The maximum Gasteiger partial charge on any atom is 0.326 e. The predicted octanol–water partition coefficient (Wildman–Crippen LogP) is 2.24. The molecule has 3 fully saturated rings. The lowest BCUT2D eigenvalue weighted by Gasteiger charge is -2.39. The van der Waals surface area contributed by atoms with Crippen LogP contribution in [0.4, 0.5) is 0 Å². The van der Waals surface area contributed by atoms with Crippen LogP contribution < -0.4 is 4.74 Å². The molecule has 3 aliphatic rings. The number of benzene rings is 1. The van der Waals surface area contributed by atoms with Crippen LogP contribution in [0.5, 0.6) is 5.75 Å². The van der Waals surface area contributed by atoms with Gasteiger partial charge in [-0.05, 0) is 62.7 Å². The molecule has 1 spiro atoms. The molecule has 2 aliphatic heterocycles. The highest BCUT2D eigenvalue weighted by atomic mass is 16.5. The first-order chi connectivity index (χ1) is 13.1. The van der Waals surface area contributed by atoms with Crippen LogP contribution in [0.2, 0.25) is 0 Å². The number of carbonyl (C=O) groups is 2. The summed E-state index contributed by atoms with van der Waals surface area (Å²) < 4.78 is 5.78. The van der Waals surface area contributed by atoms with Gasteiger partial charge < -0.3 is 14.7 Å². The fourth-order valence-electron chi connectivity index (χ4n) is 4.50. The van der Waals surface area contributed by atoms with E-state index in [-0.39, 0.29) is 17.2 Å². The first-order valence-electron chi connectivity index (χ1n) is 10.00. The topological polar surface area (TPSA) is 70.1 Å². The molecule has 0 bridgehead atoms. The first kappa shape index (κ1) is 18.3. The lowest BCUT2D eigenvalue weighted by Crippen LogP contribution is -2.44. The van der Waals surface area contributed by atoms with Gasteiger partial charge in [-0.2, -0.15) is 0 Å². The maximum atomic E-state index is 12.5. The number of piperidine rings is 1. The summed E-state index contributed by atoms with van der Waals surface area (Å²) >= 11 is 0. The monoisotopic (exact) mass is 372 g/mol. The molecule has 146 valence electrons. The van der Waals surface area contributed by atoms with Crippen molar-refractivity contribution in [3.63, 3.8) is 0 Å². The van der Waals surface area contributed by atoms with Crippen molar-refractivity contribution in [2.75, 3.05) is 32.8 Å². The molecule has 2 heterocycles. The van der Waals surface area contributed by atoms with Gasteiger partial charge in [-0.15, -0.1) is 0 Å². The average molecular weight is 372 g/mol. The third-order valence-electron chi connectivity index (χ3n) is 6.34. The largest absolute Gasteiger partial charge is 0.492 e. The van der Waals surface area contributed by atoms with E-state index in [1.807, 2.05) is 30.3 Å². The minimum absolute atomic E-state index is 0.0234. The highest BCUT2D eigenvalue weighted by molar-refractivity contribution is 5.87. The number of nitrogens with zero attached hydrogens (tertiary/aromatic N) is 2. The first-order valence-corrected chi connectivity index (χ1v) is 10.00. The fourth-order valence-corrected chi connectivity index (χ4v) is 4.50. The Morgan fingerprint density at radius 3 is 2.48 bits per heavy atom. The van der Waals surface area contributed by atoms with Crippen LogP contribution in [0.15, 0.2) is 30.3 Å². The van der Waals surface area contributed by atoms with Gasteiger partial charge in [0.1, 0.15) is 18.4 Å². The van der Waals surface area contributed by atoms with Crippen molar-refractivity contribution in [1.82, 2.24) is 9.80 Å². The van der Waals surface area contributed by atoms with Crippen molar-refractivity contribution in [2.24, 2.45) is 11.3 Å². The average Bonchev–Trinajstić information content (AvgIpc) is 3.46. The number of amides is 1. The summed E-state index contributed by atoms with van der Waals surface area (Å²) in [4.78, 5) is 28.3. The van der Waals surface area contributed by atoms with E-state index in [2.05, 4.69) is 4.90 Å². The summed E-state index contributed by atoms with van der Waals surface area (Å²) in [6.07, 6.45) is 4.36. The second kappa shape index (κ2) is 7.50. The summed E-state index contributed by atoms with van der Waals surface area (Å²) in [6, 6.07) is 9.19. The molecule has 1 saturated carbocycles. The summed E-state index contributed by atoms with van der Waals surface area (Å²) in [5.41, 5.74) is -0.0234. The van der Waals surface area contributed by atoms with Crippen molar-refractivity contribution in [1.29, 1.82) is 0 Å². The number of carbonyl (C=O) groups excluding carboxylic acids is 1. The zero-order chi connectivity index (χ0) is 18.9. The van der Waals surface area contributed by atoms with Gasteiger partial charge >= 0.3 is 5.97 Å². The van der Waals surface area contributed by atoms with Crippen LogP contribution in [0.1, 0.15) is 32.1 Å². The SMILES string of the molecule is O=C(O)[C@H]1CC2(CCN(CCOc3ccccc3)CC2)CN1C(=O)C1CC1. The Balaban J connectivity index is 1.28. The van der Waals surface area contributed by atoms with E-state index in [0.717, 1.165) is 51.1 Å². The number of carboxylic acid groups (broad SMARTS) is 1. The van der Waals surface area contributed by atoms with Crippen LogP contribution in [0, 0.1) is 11.3 Å². The molecule has 1 aromatic rings. The van der Waals surface area contributed by atoms with Crippen LogP contribution in [-0.4, -0.2) is 65.6 Å². The van der Waals surface area contributed by atoms with Crippen LogP contribution in [-0.2, 0) is 9.59 Å². The van der Waals surface area contributed by atoms with Gasteiger partial charge in [0.15, 0.2) is 0 Å². The molecule has 1 atom stereocenters. The van der Waals surface area contributed by atoms with Crippen molar-refractivity contribution in [3.8, 4) is 5.75 Å². The molecular weight excluding hydrogens is 344 g/mol. The Morgan fingerprint density at radius 1 is 1.15 bits per heavy atom. The number of likely N-dealkylation sites (tertiary alicyclic amines) is 2. The summed E-state index contributed by atoms with van der Waals surface area (Å²) in [6.45, 7) is 4.03. The number of carboxylic acids is 1. The summed E-state index contributed by atoms with van der Waals surface area (Å²) in [7, 11) is 0. The zero-order valence-corrected chi connectivity index (χ0v) is 15.7. The highest BCUT2D eigenvalue weighted by Crippen LogP contribution is 2.45. The Morgan fingerprint density at radius 2 is 1.85 bits per heavy atom. The van der Waals surface area contributed by atoms with Crippen molar-refractivity contribution < 1.29 is 19.4 Å². The van der Waals surface area contributed by atoms with E-state index in [0.29, 0.717) is 19.6 Å². The molecule has 6 nitrogen and oxygen atoms in total. The maximum absolute atomic E-state index is 12.5. The molecule has 1 N–H and O–H groups in total. The second-order valence-electron chi connectivity index (χ2n) is 8.30. The molecule has 1 aliphatic carbocycles. The quantitative estimate of drug-likeness (QED) is 0.829. The minimum Gasteiger partial charge on any atom is -0.492 e.